The van der Waals surface area contributed by atoms with Gasteiger partial charge in [0.05, 0.1) is 12.4 Å². The van der Waals surface area contributed by atoms with Crippen molar-refractivity contribution in [3.05, 3.63) is 82.4 Å². The zero-order chi connectivity index (χ0) is 26.5. The molecule has 1 aromatic heterocycles. The van der Waals surface area contributed by atoms with Crippen molar-refractivity contribution < 1.29 is 29.2 Å². The highest BCUT2D eigenvalue weighted by Gasteiger charge is 2.22. The average molecular weight is 616 g/mol. The van der Waals surface area contributed by atoms with Crippen LogP contribution in [-0.2, 0) is 33.4 Å². The van der Waals surface area contributed by atoms with Crippen LogP contribution in [0.5, 0.6) is 0 Å². The van der Waals surface area contributed by atoms with E-state index in [-0.39, 0.29) is 12.8 Å². The minimum atomic E-state index is -4.62. The second kappa shape index (κ2) is 16.9. The Balaban J connectivity index is 0. The van der Waals surface area contributed by atoms with E-state index in [4.69, 9.17) is 52.1 Å². The summed E-state index contributed by atoms with van der Waals surface area (Å²) < 4.78 is 67.6. The minimum Gasteiger partial charge on any atom is -0.399 e. The second-order valence-electron chi connectivity index (χ2n) is 6.16. The van der Waals surface area contributed by atoms with Crippen molar-refractivity contribution in [2.45, 2.75) is 20.1 Å². The number of imidazole rings is 1. The van der Waals surface area contributed by atoms with Crippen molar-refractivity contribution in [1.82, 2.24) is 3.97 Å². The van der Waals surface area contributed by atoms with Crippen LogP contribution in [0.3, 0.4) is 0 Å². The van der Waals surface area contributed by atoms with Gasteiger partial charge in [0.25, 0.3) is 5.82 Å². The number of hydrogen-bond acceptors (Lipinski definition) is 5. The van der Waals surface area contributed by atoms with E-state index in [1.165, 1.54) is 42.0 Å². The number of halogens is 6. The summed E-state index contributed by atoms with van der Waals surface area (Å²) in [6, 6.07) is 13.0. The molecule has 0 bridgehead atoms. The van der Waals surface area contributed by atoms with E-state index < -0.39 is 26.4 Å². The Morgan fingerprint density at radius 1 is 0.914 bits per heavy atom. The van der Waals surface area contributed by atoms with Gasteiger partial charge in [-0.2, -0.15) is 16.8 Å². The molecular weight excluding hydrogens is 590 g/mol. The van der Waals surface area contributed by atoms with Crippen molar-refractivity contribution in [1.29, 1.82) is 0 Å². The summed E-state index contributed by atoms with van der Waals surface area (Å²) in [7, 11) is -7.41. The molecule has 0 spiro atoms. The van der Waals surface area contributed by atoms with Gasteiger partial charge in [-0.1, -0.05) is 50.6 Å². The first-order valence-electron chi connectivity index (χ1n) is 8.89. The lowest BCUT2D eigenvalue weighted by Crippen LogP contribution is -2.30. The van der Waals surface area contributed by atoms with E-state index in [1.54, 1.807) is 31.3 Å². The Bertz CT molecular complexity index is 1200. The number of anilines is 1. The Hall–Kier alpha value is -1.63. The van der Waals surface area contributed by atoms with Crippen molar-refractivity contribution in [3.63, 3.8) is 0 Å². The van der Waals surface area contributed by atoms with Crippen LogP contribution in [0.25, 0.3) is 0 Å². The molecule has 0 radical (unpaired) electrons. The van der Waals surface area contributed by atoms with Crippen LogP contribution >= 0.6 is 46.4 Å². The maximum absolute atomic E-state index is 12.3. The van der Waals surface area contributed by atoms with Crippen molar-refractivity contribution in [3.8, 4) is 0 Å². The topological polar surface area (TPSA) is 103 Å². The number of rotatable bonds is 3. The molecule has 0 aliphatic rings. The quantitative estimate of drug-likeness (QED) is 0.173. The lowest BCUT2D eigenvalue weighted by Gasteiger charge is -1.95. The van der Waals surface area contributed by atoms with Gasteiger partial charge in [-0.25, -0.2) is 4.57 Å². The van der Waals surface area contributed by atoms with Gasteiger partial charge in [-0.05, 0) is 42.0 Å². The van der Waals surface area contributed by atoms with Crippen LogP contribution in [0.2, 0.25) is 10.0 Å². The summed E-state index contributed by atoms with van der Waals surface area (Å²) in [5.74, 6) is -0.267. The minimum absolute atomic E-state index is 0. The fourth-order valence-electron chi connectivity index (χ4n) is 2.00. The number of nitrogens with zero attached hydrogens (tertiary/aromatic N) is 2. The number of aromatic nitrogens is 2. The molecule has 1 heterocycles. The summed E-state index contributed by atoms with van der Waals surface area (Å²) in [5.41, 5.74) is 6.50. The highest BCUT2D eigenvalue weighted by Crippen LogP contribution is 2.12. The Morgan fingerprint density at radius 3 is 1.57 bits per heavy atom. The summed E-state index contributed by atoms with van der Waals surface area (Å²) in [4.78, 5) is 0. The predicted octanol–water partition coefficient (Wildman–Crippen LogP) is 5.80. The third-order valence-corrected chi connectivity index (χ3v) is 5.65. The molecule has 0 unspecified atom stereocenters. The lowest BCUT2D eigenvalue weighted by molar-refractivity contribution is -0.676. The summed E-state index contributed by atoms with van der Waals surface area (Å²) in [6.45, 7) is 1.51. The van der Waals surface area contributed by atoms with E-state index in [0.717, 1.165) is 16.9 Å². The van der Waals surface area contributed by atoms with E-state index in [9.17, 15) is 24.6 Å². The monoisotopic (exact) mass is 614 g/mol. The maximum Gasteiger partial charge on any atom is 0.480 e. The van der Waals surface area contributed by atoms with Crippen molar-refractivity contribution >= 4 is 72.7 Å². The standard InChI is InChI=1S/C7H6ClFO2S.C6H6ClN.C5H8FN2O2S.CH2Cl2.CH4/c8-7-3-1-6(2-4-7)5-12(9,10)11;7-5-1-3-6(8)4-2-5;1-5-7(2)3-4-8(5)11(6,9)10;2-1-3;/h1-4H,5H2;1-4H,8H2;3-4H,1-2H3;1H2;1H4/q;;+1;;. The van der Waals surface area contributed by atoms with Gasteiger partial charge in [-0.3, -0.25) is 0 Å². The second-order valence-corrected chi connectivity index (χ2v) is 10.4. The van der Waals surface area contributed by atoms with E-state index >= 15 is 0 Å². The predicted molar refractivity (Wildman–Crippen MR) is 140 cm³/mol. The Labute approximate surface area is 225 Å². The van der Waals surface area contributed by atoms with Gasteiger partial charge in [-0.15, -0.1) is 27.1 Å². The number of nitrogens with two attached hydrogens (primary N) is 1. The molecule has 2 aromatic carbocycles. The van der Waals surface area contributed by atoms with Gasteiger partial charge in [0.1, 0.15) is 18.1 Å². The van der Waals surface area contributed by atoms with Gasteiger partial charge in [0.15, 0.2) is 0 Å². The molecule has 7 nitrogen and oxygen atoms in total. The Morgan fingerprint density at radius 2 is 1.31 bits per heavy atom. The highest BCUT2D eigenvalue weighted by atomic mass is 35.5. The third-order valence-electron chi connectivity index (χ3n) is 3.61. The number of aryl methyl sites for hydroxylation is 1. The largest absolute Gasteiger partial charge is 0.480 e. The normalized spacial score (nSPS) is 10.3. The molecule has 35 heavy (non-hydrogen) atoms. The molecule has 2 N–H and O–H groups in total. The first kappa shape index (κ1) is 35.5. The average Bonchev–Trinajstić information content (AvgIpc) is 3.06. The van der Waals surface area contributed by atoms with Crippen molar-refractivity contribution in [2.24, 2.45) is 7.05 Å². The molecule has 0 aliphatic carbocycles. The van der Waals surface area contributed by atoms with Gasteiger partial charge in [0.2, 0.25) is 0 Å². The molecular formula is C20H26Cl4F2N3O4S2+. The highest BCUT2D eigenvalue weighted by molar-refractivity contribution is 7.85. The van der Waals surface area contributed by atoms with E-state index in [1.807, 2.05) is 0 Å². The number of benzene rings is 2. The first-order valence-corrected chi connectivity index (χ1v) is 13.6. The van der Waals surface area contributed by atoms with E-state index in [2.05, 4.69) is 0 Å². The fourth-order valence-corrected chi connectivity index (χ4v) is 3.49. The third kappa shape index (κ3) is 16.6. The molecule has 3 aromatic rings. The van der Waals surface area contributed by atoms with Crippen LogP contribution in [0.4, 0.5) is 13.5 Å². The van der Waals surface area contributed by atoms with Crippen LogP contribution in [0.15, 0.2) is 60.9 Å². The van der Waals surface area contributed by atoms with Gasteiger partial charge < -0.3 is 5.73 Å². The van der Waals surface area contributed by atoms with Gasteiger partial charge >= 0.3 is 20.6 Å². The van der Waals surface area contributed by atoms with Gasteiger partial charge in [0, 0.05) is 22.7 Å². The summed E-state index contributed by atoms with van der Waals surface area (Å²) in [6.07, 6.45) is 2.62. The molecule has 0 aliphatic heterocycles. The number of nitrogen functional groups attached to an aromatic ring is 1. The number of hydrogen-bond donors (Lipinski definition) is 1. The summed E-state index contributed by atoms with van der Waals surface area (Å²) >= 11 is 20.6. The molecule has 0 amide bonds. The van der Waals surface area contributed by atoms with Crippen LogP contribution in [0, 0.1) is 6.92 Å². The fraction of sp³-hybridized carbons (Fsp3) is 0.250. The SMILES string of the molecule is C.Cc1n(S(=O)(=O)F)cc[n+]1C.ClCCl.Nc1ccc(Cl)cc1.O=S(=O)(F)Cc1ccc(Cl)cc1. The molecule has 3 rings (SSSR count). The van der Waals surface area contributed by atoms with Crippen LogP contribution < -0.4 is 10.3 Å². The lowest BCUT2D eigenvalue weighted by atomic mass is 10.2. The molecule has 0 fully saturated rings. The first-order chi connectivity index (χ1) is 15.6. The summed E-state index contributed by atoms with van der Waals surface area (Å²) in [5, 5.41) is 1.41. The zero-order valence-corrected chi connectivity index (χ0v) is 22.5. The van der Waals surface area contributed by atoms with Crippen LogP contribution in [0.1, 0.15) is 18.8 Å². The van der Waals surface area contributed by atoms with E-state index in [0.29, 0.717) is 20.4 Å². The molecule has 0 saturated heterocycles. The smallest absolute Gasteiger partial charge is 0.399 e. The Kier molecular flexibility index (Phi) is 17.2. The molecule has 0 saturated carbocycles. The van der Waals surface area contributed by atoms with Crippen molar-refractivity contribution in [2.75, 3.05) is 11.1 Å². The maximum atomic E-state index is 12.3. The molecule has 15 heteroatoms. The van der Waals surface area contributed by atoms with Crippen LogP contribution in [-0.4, -0.2) is 26.1 Å². The molecule has 198 valence electrons. The number of alkyl halides is 2. The molecule has 0 atom stereocenters. The zero-order valence-electron chi connectivity index (χ0n) is 17.9.